The van der Waals surface area contributed by atoms with Crippen molar-refractivity contribution in [3.8, 4) is 0 Å². The van der Waals surface area contributed by atoms with Crippen molar-refractivity contribution in [1.82, 2.24) is 34.1 Å². The number of ether oxygens (including phenoxy) is 2. The zero-order valence-corrected chi connectivity index (χ0v) is 31.6. The third kappa shape index (κ3) is 8.73. The normalized spacial score (nSPS) is 29.9. The van der Waals surface area contributed by atoms with Crippen LogP contribution in [0.15, 0.2) is 22.2 Å². The van der Waals surface area contributed by atoms with Gasteiger partial charge in [-0.25, -0.2) is 27.3 Å². The first-order valence-corrected chi connectivity index (χ1v) is 21.9. The quantitative estimate of drug-likeness (QED) is 0.0421. The van der Waals surface area contributed by atoms with Crippen LogP contribution in [0.1, 0.15) is 12.5 Å². The number of hydrogen-bond acceptors (Lipinski definition) is 21. The molecule has 310 valence electrons. The van der Waals surface area contributed by atoms with Crippen LogP contribution in [0, 0.1) is 0 Å². The number of aromatic amines is 2. The Labute approximate surface area is 309 Å². The topological polar surface area (TPSA) is 456 Å². The van der Waals surface area contributed by atoms with Crippen LogP contribution < -0.4 is 27.2 Å². The Morgan fingerprint density at radius 1 is 0.821 bits per heavy atom. The summed E-state index contributed by atoms with van der Waals surface area (Å²) < 4.78 is 82.1. The molecule has 0 saturated carbocycles. The summed E-state index contributed by atoms with van der Waals surface area (Å²) in [5.41, 5.74) is 9.26. The lowest BCUT2D eigenvalue weighted by Gasteiger charge is -2.22. The molecule has 0 aliphatic carbocycles. The van der Waals surface area contributed by atoms with Gasteiger partial charge in [-0.2, -0.15) is 4.98 Å². The largest absolute Gasteiger partial charge is 0.479 e. The second-order valence-corrected chi connectivity index (χ2v) is 19.6. The van der Waals surface area contributed by atoms with Gasteiger partial charge in [0.2, 0.25) is 17.7 Å². The van der Waals surface area contributed by atoms with E-state index in [0.29, 0.717) is 0 Å². The summed E-state index contributed by atoms with van der Waals surface area (Å²) >= 11 is 0. The minimum absolute atomic E-state index is 0.00867. The van der Waals surface area contributed by atoms with Gasteiger partial charge >= 0.3 is 36.5 Å². The molecule has 56 heavy (non-hydrogen) atoms. The van der Waals surface area contributed by atoms with Crippen LogP contribution in [0.4, 0.5) is 11.9 Å². The maximum atomic E-state index is 12.6. The number of aromatic nitrogens is 8. The van der Waals surface area contributed by atoms with E-state index < -0.39 is 110 Å². The van der Waals surface area contributed by atoms with Crippen LogP contribution in [0.2, 0.25) is 0 Å². The molecule has 0 spiro atoms. The molecule has 0 radical (unpaired) electrons. The molecule has 2 fully saturated rings. The molecule has 30 nitrogen and oxygen atoms in total. The summed E-state index contributed by atoms with van der Waals surface area (Å²) in [4.78, 5) is 80.9. The molecule has 4 aromatic rings. The lowest BCUT2D eigenvalue weighted by Crippen LogP contribution is -2.46. The Balaban J connectivity index is 1.03. The van der Waals surface area contributed by atoms with E-state index in [1.165, 1.54) is 17.9 Å². The first-order valence-electron chi connectivity index (χ1n) is 15.4. The van der Waals surface area contributed by atoms with Crippen LogP contribution in [-0.2, 0) is 52.5 Å². The average molecular weight is 881 g/mol. The monoisotopic (exact) mass is 881 g/mol. The maximum absolute atomic E-state index is 12.6. The van der Waals surface area contributed by atoms with Crippen molar-refractivity contribution >= 4 is 65.1 Å². The van der Waals surface area contributed by atoms with E-state index in [2.05, 4.69) is 42.6 Å². The minimum Gasteiger partial charge on any atom is -0.387 e. The first kappa shape index (κ1) is 42.3. The molecule has 12 atom stereocenters. The highest BCUT2D eigenvalue weighted by molar-refractivity contribution is 7.76. The molecular formula is C22H33N10O20P4+. The third-order valence-electron chi connectivity index (χ3n) is 8.09. The molecule has 34 heteroatoms. The highest BCUT2D eigenvalue weighted by atomic mass is 31.3. The van der Waals surface area contributed by atoms with E-state index in [0.717, 1.165) is 15.5 Å². The molecule has 0 bridgehead atoms. The highest BCUT2D eigenvalue weighted by Gasteiger charge is 2.50. The molecule has 6 rings (SSSR count). The molecule has 0 aromatic carbocycles. The highest BCUT2D eigenvalue weighted by Crippen LogP contribution is 2.70. The number of fused-ring (bicyclic) bond motifs is 2. The molecular weight excluding hydrogens is 848 g/mol. The molecule has 2 aliphatic heterocycles. The van der Waals surface area contributed by atoms with E-state index in [4.69, 9.17) is 20.9 Å². The number of rotatable bonds is 14. The Morgan fingerprint density at radius 3 is 1.96 bits per heavy atom. The van der Waals surface area contributed by atoms with E-state index >= 15 is 0 Å². The Bertz CT molecular complexity index is 2470. The number of imidazole rings is 2. The minimum atomic E-state index is -5.75. The molecule has 4 unspecified atom stereocenters. The van der Waals surface area contributed by atoms with Gasteiger partial charge in [-0.05, 0) is 0 Å². The van der Waals surface area contributed by atoms with Gasteiger partial charge in [0, 0.05) is 0 Å². The zero-order chi connectivity index (χ0) is 41.3. The Morgan fingerprint density at radius 2 is 1.36 bits per heavy atom. The van der Waals surface area contributed by atoms with Crippen LogP contribution in [0.5, 0.6) is 0 Å². The standard InChI is InChI=1S/C22H32N10O20P4/c1-30-5-32(16-10(30)18(38)29-22(24)27-16)20-14(36)12(34)8(50-20)3-48-56(45,46)52-54(41,42)6-53(39,40)51-55(43,44)47-2-7-11(33)13(35)19(49-7)31-4-25-9-15(31)26-21(23)28-17(9)37/h4-5,7-8,11-14,19-20,33-36H,2-3,6H2,1H3,(H9-,23,24,26,27,28,29,37,38,39,40,41,42,43,44,45,46)/p+1/t7-,8-,11-,12-,13-,14-,19-,20-/m1/s1. The summed E-state index contributed by atoms with van der Waals surface area (Å²) in [5, 5.41) is 42.1. The van der Waals surface area contributed by atoms with Crippen molar-refractivity contribution in [1.29, 1.82) is 0 Å². The number of aliphatic hydroxyl groups is 4. The van der Waals surface area contributed by atoms with Crippen molar-refractivity contribution in [3.05, 3.63) is 33.4 Å². The van der Waals surface area contributed by atoms with Crippen LogP contribution in [-0.4, -0.2) is 130 Å². The van der Waals surface area contributed by atoms with Gasteiger partial charge in [-0.1, -0.05) is 4.98 Å². The van der Waals surface area contributed by atoms with Gasteiger partial charge in [-0.3, -0.25) is 46.9 Å². The number of nitrogens with two attached hydrogens (primary N) is 2. The fraction of sp³-hybridized carbons (Fsp3) is 0.545. The van der Waals surface area contributed by atoms with Crippen LogP contribution in [0.3, 0.4) is 0 Å². The van der Waals surface area contributed by atoms with Gasteiger partial charge in [0.1, 0.15) is 36.6 Å². The molecule has 2 saturated heterocycles. The summed E-state index contributed by atoms with van der Waals surface area (Å²) in [5.74, 6) is -2.72. The lowest BCUT2D eigenvalue weighted by atomic mass is 10.1. The number of nitrogen functional groups attached to an aromatic ring is 2. The van der Waals surface area contributed by atoms with Crippen molar-refractivity contribution < 1.29 is 90.0 Å². The molecule has 4 aromatic heterocycles. The van der Waals surface area contributed by atoms with Crippen molar-refractivity contribution in [2.75, 3.05) is 30.6 Å². The number of aryl methyl sites for hydroxylation is 1. The van der Waals surface area contributed by atoms with Gasteiger partial charge in [0.25, 0.3) is 17.1 Å². The fourth-order valence-electron chi connectivity index (χ4n) is 5.76. The second-order valence-electron chi connectivity index (χ2n) is 12.2. The number of anilines is 2. The maximum Gasteiger partial charge on any atom is 0.479 e. The summed E-state index contributed by atoms with van der Waals surface area (Å²) in [7, 11) is -21.5. The number of hydrogen-bond donors (Lipinski definition) is 12. The number of H-pyrrole nitrogens is 2. The zero-order valence-electron chi connectivity index (χ0n) is 28.0. The van der Waals surface area contributed by atoms with Crippen molar-refractivity contribution in [2.24, 2.45) is 7.05 Å². The van der Waals surface area contributed by atoms with E-state index in [1.807, 2.05) is 0 Å². The first-order chi connectivity index (χ1) is 25.9. The molecule has 14 N–H and O–H groups in total. The van der Waals surface area contributed by atoms with Crippen LogP contribution in [0.25, 0.3) is 22.3 Å². The Kier molecular flexibility index (Phi) is 11.4. The van der Waals surface area contributed by atoms with Crippen LogP contribution >= 0.6 is 30.8 Å². The molecule has 6 heterocycles. The van der Waals surface area contributed by atoms with Crippen molar-refractivity contribution in [3.63, 3.8) is 0 Å². The fourth-order valence-corrected chi connectivity index (χ4v) is 12.5. The molecule has 2 aliphatic rings. The van der Waals surface area contributed by atoms with Crippen molar-refractivity contribution in [2.45, 2.75) is 49.1 Å². The molecule has 0 amide bonds. The SMILES string of the molecule is Cn1c[n+]([C@@H]2O[C@H](COP(=O)(O)OP(=O)(O)CP(=O)(O)OP(=O)(O)OC[C@H]3O[C@@H](n4cnc5c(=O)[nH]c(N)nc54)[C@H](O)[C@@H]3O)[C@@H](O)[C@H]2O)c2nc(N)[nH]c(=O)c21. The van der Waals surface area contributed by atoms with E-state index in [-0.39, 0.29) is 34.2 Å². The number of phosphoric acid groups is 2. The van der Waals surface area contributed by atoms with Gasteiger partial charge in [-0.15, -0.1) is 0 Å². The van der Waals surface area contributed by atoms with E-state index in [1.54, 1.807) is 0 Å². The lowest BCUT2D eigenvalue weighted by molar-refractivity contribution is -0.745. The van der Waals surface area contributed by atoms with Gasteiger partial charge < -0.3 is 60.9 Å². The van der Waals surface area contributed by atoms with E-state index in [9.17, 15) is 67.8 Å². The van der Waals surface area contributed by atoms with Gasteiger partial charge in [0.05, 0.1) is 26.6 Å². The number of phosphoric ester groups is 2. The van der Waals surface area contributed by atoms with Gasteiger partial charge in [0.15, 0.2) is 29.6 Å². The summed E-state index contributed by atoms with van der Waals surface area (Å²) in [6.07, 6.45) is -11.3. The number of nitrogens with zero attached hydrogens (tertiary/aromatic N) is 6. The summed E-state index contributed by atoms with van der Waals surface area (Å²) in [6, 6.07) is 0. The number of nitrogens with one attached hydrogen (secondary N) is 2. The number of aliphatic hydroxyl groups excluding tert-OH is 4. The average Bonchev–Trinajstić information content (AvgIpc) is 3.77. The predicted octanol–water partition coefficient (Wildman–Crippen LogP) is -4.32. The smallest absolute Gasteiger partial charge is 0.387 e. The Hall–Kier alpha value is -3.34. The predicted molar refractivity (Wildman–Crippen MR) is 179 cm³/mol. The third-order valence-corrected chi connectivity index (χ3v) is 15.6. The second kappa shape index (κ2) is 15.1. The summed E-state index contributed by atoms with van der Waals surface area (Å²) in [6.45, 7) is -2.23.